The second-order valence-electron chi connectivity index (χ2n) is 4.51. The number of carbonyl (C=O) groups excluding carboxylic acids is 1. The molecule has 1 aliphatic rings. The average molecular weight is 274 g/mol. The second kappa shape index (κ2) is 5.79. The lowest BCUT2D eigenvalue weighted by Gasteiger charge is -2.08. The van der Waals surface area contributed by atoms with Crippen molar-refractivity contribution in [1.29, 1.82) is 0 Å². The summed E-state index contributed by atoms with van der Waals surface area (Å²) in [7, 11) is 0. The summed E-state index contributed by atoms with van der Waals surface area (Å²) in [5.74, 6) is -0.0923. The number of pyridine rings is 1. The third-order valence-corrected chi connectivity index (χ3v) is 3.05. The van der Waals surface area contributed by atoms with E-state index in [1.807, 2.05) is 0 Å². The van der Waals surface area contributed by atoms with Crippen molar-refractivity contribution in [3.63, 3.8) is 0 Å². The number of nitrogens with one attached hydrogen (secondary N) is 1. The topological polar surface area (TPSA) is 90.1 Å². The fourth-order valence-corrected chi connectivity index (χ4v) is 2.02. The first-order valence-corrected chi connectivity index (χ1v) is 6.47. The molecule has 1 fully saturated rings. The maximum absolute atomic E-state index is 11.9. The van der Waals surface area contributed by atoms with E-state index in [0.717, 1.165) is 19.4 Å². The van der Waals surface area contributed by atoms with Crippen LogP contribution in [0.1, 0.15) is 23.5 Å². The molecule has 1 aliphatic heterocycles. The molecule has 0 spiro atoms. The van der Waals surface area contributed by atoms with Crippen LogP contribution in [0, 0.1) is 0 Å². The number of nitrogens with zero attached hydrogens (tertiary/aromatic N) is 3. The van der Waals surface area contributed by atoms with E-state index in [-0.39, 0.29) is 17.9 Å². The molecule has 3 rings (SSSR count). The van der Waals surface area contributed by atoms with Gasteiger partial charge in [0, 0.05) is 31.1 Å². The summed E-state index contributed by atoms with van der Waals surface area (Å²) < 4.78 is 10.4. The highest BCUT2D eigenvalue weighted by Gasteiger charge is 2.20. The van der Waals surface area contributed by atoms with E-state index in [2.05, 4.69) is 20.4 Å². The number of ether oxygens (including phenoxy) is 1. The highest BCUT2D eigenvalue weighted by atomic mass is 16.5. The molecule has 104 valence electrons. The zero-order valence-electron chi connectivity index (χ0n) is 10.8. The molecule has 2 aromatic heterocycles. The standard InChI is InChI=1S/C13H14N4O3/c18-12(15-8-10-4-2-6-19-10)13-16-11(17-20-13)9-3-1-5-14-7-9/h1,3,5,7,10H,2,4,6,8H2,(H,15,18). The van der Waals surface area contributed by atoms with Crippen molar-refractivity contribution in [2.75, 3.05) is 13.2 Å². The second-order valence-corrected chi connectivity index (χ2v) is 4.51. The fourth-order valence-electron chi connectivity index (χ4n) is 2.02. The number of aromatic nitrogens is 3. The van der Waals surface area contributed by atoms with Gasteiger partial charge in [-0.2, -0.15) is 4.98 Å². The van der Waals surface area contributed by atoms with Crippen molar-refractivity contribution in [1.82, 2.24) is 20.4 Å². The molecular weight excluding hydrogens is 260 g/mol. The van der Waals surface area contributed by atoms with Gasteiger partial charge in [0.1, 0.15) is 0 Å². The molecular formula is C13H14N4O3. The van der Waals surface area contributed by atoms with Crippen LogP contribution in [0.15, 0.2) is 29.0 Å². The van der Waals surface area contributed by atoms with Crippen LogP contribution in [-0.4, -0.2) is 40.3 Å². The average Bonchev–Trinajstić information content (AvgIpc) is 3.17. The number of amides is 1. The normalized spacial score (nSPS) is 18.1. The van der Waals surface area contributed by atoms with E-state index in [1.165, 1.54) is 0 Å². The summed E-state index contributed by atoms with van der Waals surface area (Å²) in [5.41, 5.74) is 0.703. The minimum atomic E-state index is -0.386. The predicted octanol–water partition coefficient (Wildman–Crippen LogP) is 1.04. The van der Waals surface area contributed by atoms with Gasteiger partial charge in [-0.05, 0) is 25.0 Å². The molecule has 20 heavy (non-hydrogen) atoms. The van der Waals surface area contributed by atoms with E-state index in [1.54, 1.807) is 24.5 Å². The number of carbonyl (C=O) groups is 1. The van der Waals surface area contributed by atoms with E-state index >= 15 is 0 Å². The molecule has 1 amide bonds. The third-order valence-electron chi connectivity index (χ3n) is 3.05. The molecule has 0 aromatic carbocycles. The summed E-state index contributed by atoms with van der Waals surface area (Å²) in [6, 6.07) is 3.56. The van der Waals surface area contributed by atoms with Crippen LogP contribution < -0.4 is 5.32 Å². The maximum Gasteiger partial charge on any atom is 0.316 e. The highest BCUT2D eigenvalue weighted by Crippen LogP contribution is 2.14. The monoisotopic (exact) mass is 274 g/mol. The molecule has 1 N–H and O–H groups in total. The van der Waals surface area contributed by atoms with Gasteiger partial charge < -0.3 is 14.6 Å². The third kappa shape index (κ3) is 2.83. The Bertz CT molecular complexity index is 578. The molecule has 1 saturated heterocycles. The minimum absolute atomic E-state index is 0.0538. The Morgan fingerprint density at radius 3 is 3.20 bits per heavy atom. The molecule has 3 heterocycles. The van der Waals surface area contributed by atoms with Crippen molar-refractivity contribution in [3.05, 3.63) is 30.4 Å². The first-order valence-electron chi connectivity index (χ1n) is 6.47. The van der Waals surface area contributed by atoms with Crippen molar-refractivity contribution in [3.8, 4) is 11.4 Å². The Balaban J connectivity index is 1.62. The van der Waals surface area contributed by atoms with Crippen LogP contribution in [0.5, 0.6) is 0 Å². The summed E-state index contributed by atoms with van der Waals surface area (Å²) >= 11 is 0. The van der Waals surface area contributed by atoms with Crippen molar-refractivity contribution in [2.24, 2.45) is 0 Å². The van der Waals surface area contributed by atoms with Crippen LogP contribution in [0.25, 0.3) is 11.4 Å². The largest absolute Gasteiger partial charge is 0.376 e. The lowest BCUT2D eigenvalue weighted by Crippen LogP contribution is -2.31. The molecule has 7 heteroatoms. The van der Waals surface area contributed by atoms with Crippen LogP contribution in [0.3, 0.4) is 0 Å². The summed E-state index contributed by atoms with van der Waals surface area (Å²) in [6.45, 7) is 1.22. The fraction of sp³-hybridized carbons (Fsp3) is 0.385. The molecule has 1 atom stereocenters. The summed E-state index contributed by atoms with van der Waals surface area (Å²) in [6.07, 6.45) is 5.34. The van der Waals surface area contributed by atoms with Gasteiger partial charge in [-0.25, -0.2) is 0 Å². The lowest BCUT2D eigenvalue weighted by atomic mass is 10.2. The zero-order chi connectivity index (χ0) is 13.8. The molecule has 1 unspecified atom stereocenters. The van der Waals surface area contributed by atoms with Gasteiger partial charge in [-0.1, -0.05) is 5.16 Å². The Morgan fingerprint density at radius 2 is 2.45 bits per heavy atom. The van der Waals surface area contributed by atoms with Crippen LogP contribution in [0.4, 0.5) is 0 Å². The van der Waals surface area contributed by atoms with E-state index < -0.39 is 0 Å². The predicted molar refractivity (Wildman–Crippen MR) is 68.8 cm³/mol. The first kappa shape index (κ1) is 12.7. The van der Waals surface area contributed by atoms with Gasteiger partial charge in [-0.15, -0.1) is 0 Å². The number of hydrogen-bond donors (Lipinski definition) is 1. The molecule has 0 saturated carbocycles. The van der Waals surface area contributed by atoms with Crippen LogP contribution in [0.2, 0.25) is 0 Å². The van der Waals surface area contributed by atoms with Gasteiger partial charge in [0.15, 0.2) is 0 Å². The van der Waals surface area contributed by atoms with E-state index in [9.17, 15) is 4.79 Å². The highest BCUT2D eigenvalue weighted by molar-refractivity contribution is 5.89. The van der Waals surface area contributed by atoms with Gasteiger partial charge in [-0.3, -0.25) is 9.78 Å². The SMILES string of the molecule is O=C(NCC1CCCO1)c1nc(-c2cccnc2)no1. The zero-order valence-corrected chi connectivity index (χ0v) is 10.8. The van der Waals surface area contributed by atoms with Crippen molar-refractivity contribution >= 4 is 5.91 Å². The van der Waals surface area contributed by atoms with E-state index in [0.29, 0.717) is 17.9 Å². The van der Waals surface area contributed by atoms with Crippen LogP contribution in [-0.2, 0) is 4.74 Å². The summed E-state index contributed by atoms with van der Waals surface area (Å²) in [4.78, 5) is 19.9. The minimum Gasteiger partial charge on any atom is -0.376 e. The number of hydrogen-bond acceptors (Lipinski definition) is 6. The van der Waals surface area contributed by atoms with Crippen molar-refractivity contribution < 1.29 is 14.1 Å². The van der Waals surface area contributed by atoms with Gasteiger partial charge >= 0.3 is 11.8 Å². The van der Waals surface area contributed by atoms with Crippen molar-refractivity contribution in [2.45, 2.75) is 18.9 Å². The Morgan fingerprint density at radius 1 is 1.50 bits per heavy atom. The van der Waals surface area contributed by atoms with Gasteiger partial charge in [0.2, 0.25) is 5.82 Å². The Hall–Kier alpha value is -2.28. The summed E-state index contributed by atoms with van der Waals surface area (Å²) in [5, 5.41) is 6.50. The smallest absolute Gasteiger partial charge is 0.316 e. The molecule has 0 radical (unpaired) electrons. The Kier molecular flexibility index (Phi) is 3.69. The maximum atomic E-state index is 11.9. The van der Waals surface area contributed by atoms with Crippen LogP contribution >= 0.6 is 0 Å². The van der Waals surface area contributed by atoms with Gasteiger partial charge in [0.05, 0.1) is 6.10 Å². The molecule has 0 bridgehead atoms. The quantitative estimate of drug-likeness (QED) is 0.895. The first-order chi connectivity index (χ1) is 9.83. The molecule has 7 nitrogen and oxygen atoms in total. The Labute approximate surface area is 115 Å². The van der Waals surface area contributed by atoms with Gasteiger partial charge in [0.25, 0.3) is 0 Å². The molecule has 2 aromatic rings. The lowest BCUT2D eigenvalue weighted by molar-refractivity contribution is 0.0822. The van der Waals surface area contributed by atoms with E-state index in [4.69, 9.17) is 9.26 Å². The number of rotatable bonds is 4. The molecule has 0 aliphatic carbocycles.